The summed E-state index contributed by atoms with van der Waals surface area (Å²) in [6.45, 7) is -0.141. The van der Waals surface area contributed by atoms with Crippen LogP contribution in [0.1, 0.15) is 5.56 Å². The van der Waals surface area contributed by atoms with Crippen LogP contribution < -0.4 is 5.32 Å². The van der Waals surface area contributed by atoms with Crippen molar-refractivity contribution in [2.24, 2.45) is 0 Å². The maximum Gasteiger partial charge on any atom is 0.328 e. The Balaban J connectivity index is 2.66. The van der Waals surface area contributed by atoms with Crippen LogP contribution in [0.25, 0.3) is 0 Å². The van der Waals surface area contributed by atoms with Gasteiger partial charge in [0.15, 0.2) is 6.04 Å². The van der Waals surface area contributed by atoms with Crippen LogP contribution in [-0.2, 0) is 20.7 Å². The van der Waals surface area contributed by atoms with Crippen molar-refractivity contribution in [1.82, 2.24) is 5.32 Å². The predicted molar refractivity (Wildman–Crippen MR) is 66.6 cm³/mol. The van der Waals surface area contributed by atoms with Crippen LogP contribution in [0, 0.1) is 5.82 Å². The van der Waals surface area contributed by atoms with Crippen LogP contribution in [0.4, 0.5) is 4.39 Å². The molecular formula is C12H13ClFNO4. The summed E-state index contributed by atoms with van der Waals surface area (Å²) in [6, 6.07) is 2.52. The summed E-state index contributed by atoms with van der Waals surface area (Å²) in [7, 11) is 1.33. The molecule has 1 atom stereocenters. The zero-order chi connectivity index (χ0) is 14.4. The molecule has 0 aliphatic rings. The van der Waals surface area contributed by atoms with Gasteiger partial charge in [-0.25, -0.2) is 9.18 Å². The Morgan fingerprint density at radius 1 is 1.53 bits per heavy atom. The average molecular weight is 290 g/mol. The van der Waals surface area contributed by atoms with E-state index in [9.17, 15) is 14.0 Å². The first-order chi connectivity index (χ1) is 8.93. The van der Waals surface area contributed by atoms with Gasteiger partial charge in [-0.3, -0.25) is 4.79 Å². The molecule has 0 spiro atoms. The molecular weight excluding hydrogens is 277 g/mol. The molecule has 0 saturated carbocycles. The maximum atomic E-state index is 12.8. The van der Waals surface area contributed by atoms with E-state index in [1.54, 1.807) is 0 Å². The van der Waals surface area contributed by atoms with E-state index in [0.717, 1.165) is 6.07 Å². The summed E-state index contributed by atoms with van der Waals surface area (Å²) in [5, 5.41) is 11.3. The van der Waals surface area contributed by atoms with E-state index >= 15 is 0 Å². The molecule has 2 N–H and O–H groups in total. The number of carboxylic acid groups (broad SMARTS) is 1. The Morgan fingerprint density at radius 2 is 2.21 bits per heavy atom. The zero-order valence-corrected chi connectivity index (χ0v) is 10.9. The Morgan fingerprint density at radius 3 is 2.74 bits per heavy atom. The molecule has 104 valence electrons. The first-order valence-electron chi connectivity index (χ1n) is 5.39. The van der Waals surface area contributed by atoms with Crippen molar-refractivity contribution in [2.45, 2.75) is 12.5 Å². The van der Waals surface area contributed by atoms with E-state index in [-0.39, 0.29) is 18.1 Å². The van der Waals surface area contributed by atoms with Crippen molar-refractivity contribution in [3.05, 3.63) is 34.6 Å². The van der Waals surface area contributed by atoms with Crippen molar-refractivity contribution >= 4 is 23.5 Å². The summed E-state index contributed by atoms with van der Waals surface area (Å²) in [5.41, 5.74) is 0.419. The fourth-order valence-electron chi connectivity index (χ4n) is 1.42. The van der Waals surface area contributed by atoms with Crippen LogP contribution in [0.2, 0.25) is 5.02 Å². The minimum atomic E-state index is -1.19. The van der Waals surface area contributed by atoms with Gasteiger partial charge in [0, 0.05) is 12.1 Å². The normalized spacial score (nSPS) is 11.9. The fourth-order valence-corrected chi connectivity index (χ4v) is 1.66. The van der Waals surface area contributed by atoms with Gasteiger partial charge in [0.25, 0.3) is 0 Å². The van der Waals surface area contributed by atoms with E-state index in [2.05, 4.69) is 10.1 Å². The second-order valence-electron chi connectivity index (χ2n) is 3.83. The third-order valence-electron chi connectivity index (χ3n) is 2.33. The molecule has 0 fully saturated rings. The van der Waals surface area contributed by atoms with Gasteiger partial charge in [-0.05, 0) is 17.7 Å². The van der Waals surface area contributed by atoms with Gasteiger partial charge >= 0.3 is 5.97 Å². The Labute approximate surface area is 114 Å². The molecule has 0 aliphatic heterocycles. The highest BCUT2D eigenvalue weighted by atomic mass is 35.5. The van der Waals surface area contributed by atoms with E-state index in [1.807, 2.05) is 0 Å². The van der Waals surface area contributed by atoms with Gasteiger partial charge in [0.05, 0.1) is 13.0 Å². The van der Waals surface area contributed by atoms with Gasteiger partial charge in [-0.15, -0.1) is 0 Å². The van der Waals surface area contributed by atoms with E-state index in [1.165, 1.54) is 19.2 Å². The van der Waals surface area contributed by atoms with Gasteiger partial charge in [0.2, 0.25) is 5.91 Å². The molecule has 1 amide bonds. The van der Waals surface area contributed by atoms with Crippen molar-refractivity contribution in [3.63, 3.8) is 0 Å². The number of methoxy groups -OCH3 is 1. The van der Waals surface area contributed by atoms with E-state index in [4.69, 9.17) is 16.7 Å². The maximum absolute atomic E-state index is 12.8. The minimum absolute atomic E-state index is 0.119. The number of hydrogen-bond acceptors (Lipinski definition) is 3. The molecule has 7 heteroatoms. The smallest absolute Gasteiger partial charge is 0.328 e. The molecule has 0 heterocycles. The number of nitrogens with one attached hydrogen (secondary N) is 1. The van der Waals surface area contributed by atoms with Crippen molar-refractivity contribution in [1.29, 1.82) is 0 Å². The Hall–Kier alpha value is -1.66. The van der Waals surface area contributed by atoms with Crippen LogP contribution in [0.5, 0.6) is 0 Å². The molecule has 1 aromatic rings. The highest BCUT2D eigenvalue weighted by molar-refractivity contribution is 6.31. The number of ether oxygens (including phenoxy) is 1. The molecule has 1 aromatic carbocycles. The third kappa shape index (κ3) is 4.84. The molecule has 0 bridgehead atoms. The lowest BCUT2D eigenvalue weighted by Crippen LogP contribution is -2.44. The molecule has 0 aliphatic carbocycles. The Bertz CT molecular complexity index is 481. The van der Waals surface area contributed by atoms with Crippen LogP contribution in [0.3, 0.4) is 0 Å². The van der Waals surface area contributed by atoms with Crippen LogP contribution in [0.15, 0.2) is 18.2 Å². The number of benzene rings is 1. The molecule has 0 radical (unpaired) electrons. The minimum Gasteiger partial charge on any atom is -0.480 e. The lowest BCUT2D eigenvalue weighted by Gasteiger charge is -2.13. The molecule has 19 heavy (non-hydrogen) atoms. The number of hydrogen-bond donors (Lipinski definition) is 2. The summed E-state index contributed by atoms with van der Waals surface area (Å²) >= 11 is 5.77. The monoisotopic (exact) mass is 289 g/mol. The number of halogens is 2. The van der Waals surface area contributed by atoms with E-state index < -0.39 is 23.7 Å². The molecule has 0 aromatic heterocycles. The summed E-state index contributed by atoms with van der Waals surface area (Å²) in [4.78, 5) is 22.5. The van der Waals surface area contributed by atoms with Gasteiger partial charge in [-0.1, -0.05) is 17.7 Å². The second kappa shape index (κ2) is 7.06. The summed E-state index contributed by atoms with van der Waals surface area (Å²) < 4.78 is 17.5. The zero-order valence-electron chi connectivity index (χ0n) is 10.2. The number of carbonyl (C=O) groups is 2. The van der Waals surface area contributed by atoms with Crippen molar-refractivity contribution < 1.29 is 23.8 Å². The van der Waals surface area contributed by atoms with Gasteiger partial charge < -0.3 is 15.2 Å². The first kappa shape index (κ1) is 15.4. The second-order valence-corrected chi connectivity index (χ2v) is 4.23. The standard InChI is InChI=1S/C12H13ClFNO4/c1-19-6-10(12(17)18)15-11(16)4-7-2-3-8(14)5-9(7)13/h2-3,5,10H,4,6H2,1H3,(H,15,16)(H,17,18). The summed E-state index contributed by atoms with van der Waals surface area (Å²) in [6.07, 6.45) is -0.132. The van der Waals surface area contributed by atoms with Gasteiger partial charge in [-0.2, -0.15) is 0 Å². The number of rotatable bonds is 6. The molecule has 1 rings (SSSR count). The quantitative estimate of drug-likeness (QED) is 0.826. The van der Waals surface area contributed by atoms with Crippen molar-refractivity contribution in [3.8, 4) is 0 Å². The lowest BCUT2D eigenvalue weighted by atomic mass is 10.1. The number of amides is 1. The molecule has 1 unspecified atom stereocenters. The third-order valence-corrected chi connectivity index (χ3v) is 2.68. The van der Waals surface area contributed by atoms with Gasteiger partial charge in [0.1, 0.15) is 5.82 Å². The van der Waals surface area contributed by atoms with E-state index in [0.29, 0.717) is 5.56 Å². The predicted octanol–water partition coefficient (Wildman–Crippen LogP) is 1.24. The highest BCUT2D eigenvalue weighted by Crippen LogP contribution is 2.17. The number of carboxylic acids is 1. The highest BCUT2D eigenvalue weighted by Gasteiger charge is 2.20. The molecule has 5 nitrogen and oxygen atoms in total. The lowest BCUT2D eigenvalue weighted by molar-refractivity contribution is -0.143. The topological polar surface area (TPSA) is 75.6 Å². The number of aliphatic carboxylic acids is 1. The van der Waals surface area contributed by atoms with Crippen LogP contribution >= 0.6 is 11.6 Å². The van der Waals surface area contributed by atoms with Crippen LogP contribution in [-0.4, -0.2) is 36.7 Å². The average Bonchev–Trinajstić information content (AvgIpc) is 2.32. The SMILES string of the molecule is COCC(NC(=O)Cc1ccc(F)cc1Cl)C(=O)O. The number of carbonyl (C=O) groups excluding carboxylic acids is 1. The first-order valence-corrected chi connectivity index (χ1v) is 5.77. The molecule has 0 saturated heterocycles. The van der Waals surface area contributed by atoms with Crippen molar-refractivity contribution in [2.75, 3.05) is 13.7 Å². The largest absolute Gasteiger partial charge is 0.480 e. The Kier molecular flexibility index (Phi) is 5.72. The summed E-state index contributed by atoms with van der Waals surface area (Å²) in [5.74, 6) is -2.23. The fraction of sp³-hybridized carbons (Fsp3) is 0.333.